The van der Waals surface area contributed by atoms with Gasteiger partial charge in [0.15, 0.2) is 0 Å². The van der Waals surface area contributed by atoms with Gasteiger partial charge in [-0.3, -0.25) is 9.59 Å². The SMILES string of the molecule is CCCCCCCCCCCCCCCOC(=O)CCC(=O)Oc1cccc(CC)c1. The van der Waals surface area contributed by atoms with E-state index in [2.05, 4.69) is 6.92 Å². The number of ether oxygens (including phenoxy) is 2. The van der Waals surface area contributed by atoms with Crippen molar-refractivity contribution in [2.75, 3.05) is 6.61 Å². The molecule has 0 radical (unpaired) electrons. The minimum Gasteiger partial charge on any atom is -0.466 e. The predicted octanol–water partition coefficient (Wildman–Crippen LogP) is 7.57. The summed E-state index contributed by atoms with van der Waals surface area (Å²) in [5.41, 5.74) is 1.11. The Morgan fingerprint density at radius 2 is 1.26 bits per heavy atom. The van der Waals surface area contributed by atoms with Crippen LogP contribution in [0.2, 0.25) is 0 Å². The number of benzene rings is 1. The van der Waals surface area contributed by atoms with Crippen molar-refractivity contribution in [2.24, 2.45) is 0 Å². The fraction of sp³-hybridized carbons (Fsp3) is 0.704. The van der Waals surface area contributed by atoms with Crippen LogP contribution in [0.25, 0.3) is 0 Å². The lowest BCUT2D eigenvalue weighted by Gasteiger charge is -2.07. The molecule has 4 nitrogen and oxygen atoms in total. The maximum absolute atomic E-state index is 11.9. The number of carbonyl (C=O) groups is 2. The van der Waals surface area contributed by atoms with Crippen molar-refractivity contribution in [3.8, 4) is 5.75 Å². The number of carbonyl (C=O) groups excluding carboxylic acids is 2. The van der Waals surface area contributed by atoms with Gasteiger partial charge in [0.1, 0.15) is 5.75 Å². The number of unbranched alkanes of at least 4 members (excludes halogenated alkanes) is 12. The van der Waals surface area contributed by atoms with E-state index in [0.29, 0.717) is 12.4 Å². The summed E-state index contributed by atoms with van der Waals surface area (Å²) < 4.78 is 10.5. The number of aryl methyl sites for hydroxylation is 1. The molecule has 0 N–H and O–H groups in total. The Bertz CT molecular complexity index is 597. The average molecular weight is 433 g/mol. The highest BCUT2D eigenvalue weighted by molar-refractivity contribution is 5.79. The van der Waals surface area contributed by atoms with Crippen LogP contribution in [-0.2, 0) is 20.7 Å². The molecule has 0 aliphatic heterocycles. The van der Waals surface area contributed by atoms with Gasteiger partial charge < -0.3 is 9.47 Å². The van der Waals surface area contributed by atoms with E-state index in [-0.39, 0.29) is 18.8 Å². The molecule has 0 aliphatic rings. The lowest BCUT2D eigenvalue weighted by atomic mass is 10.0. The topological polar surface area (TPSA) is 52.6 Å². The van der Waals surface area contributed by atoms with Crippen LogP contribution in [0.4, 0.5) is 0 Å². The molecule has 0 bridgehead atoms. The second-order valence-electron chi connectivity index (χ2n) is 8.44. The molecule has 31 heavy (non-hydrogen) atoms. The van der Waals surface area contributed by atoms with E-state index in [4.69, 9.17) is 9.47 Å². The average Bonchev–Trinajstić information content (AvgIpc) is 2.78. The highest BCUT2D eigenvalue weighted by Gasteiger charge is 2.10. The largest absolute Gasteiger partial charge is 0.466 e. The van der Waals surface area contributed by atoms with E-state index in [9.17, 15) is 9.59 Å². The standard InChI is InChI=1S/C27H44O4/c1-3-5-6-7-8-9-10-11-12-13-14-15-16-22-30-26(28)20-21-27(29)31-25-19-17-18-24(4-2)23-25/h17-19,23H,3-16,20-22H2,1-2H3. The molecule has 0 atom stereocenters. The fourth-order valence-corrected chi connectivity index (χ4v) is 3.59. The van der Waals surface area contributed by atoms with Gasteiger partial charge in [-0.15, -0.1) is 0 Å². The summed E-state index contributed by atoms with van der Waals surface area (Å²) in [5, 5.41) is 0. The molecule has 0 saturated heterocycles. The first kappa shape index (κ1) is 27.2. The molecule has 176 valence electrons. The summed E-state index contributed by atoms with van der Waals surface area (Å²) in [6, 6.07) is 7.46. The zero-order valence-electron chi connectivity index (χ0n) is 20.0. The number of hydrogen-bond acceptors (Lipinski definition) is 4. The second-order valence-corrected chi connectivity index (χ2v) is 8.44. The maximum atomic E-state index is 11.9. The van der Waals surface area contributed by atoms with Gasteiger partial charge in [-0.05, 0) is 30.5 Å². The molecule has 0 saturated carbocycles. The highest BCUT2D eigenvalue weighted by Crippen LogP contribution is 2.15. The van der Waals surface area contributed by atoms with Gasteiger partial charge in [-0.25, -0.2) is 0 Å². The van der Waals surface area contributed by atoms with E-state index in [1.54, 1.807) is 6.07 Å². The third kappa shape index (κ3) is 15.6. The molecule has 1 rings (SSSR count). The van der Waals surface area contributed by atoms with E-state index in [0.717, 1.165) is 24.8 Å². The molecule has 0 fully saturated rings. The second kappa shape index (κ2) is 18.9. The zero-order chi connectivity index (χ0) is 22.6. The van der Waals surface area contributed by atoms with Gasteiger partial charge in [0.25, 0.3) is 0 Å². The molecule has 0 aromatic heterocycles. The molecular formula is C27H44O4. The first-order valence-electron chi connectivity index (χ1n) is 12.6. The first-order chi connectivity index (χ1) is 15.2. The normalized spacial score (nSPS) is 10.8. The van der Waals surface area contributed by atoms with Gasteiger partial charge >= 0.3 is 11.9 Å². The van der Waals surface area contributed by atoms with Crippen LogP contribution in [-0.4, -0.2) is 18.5 Å². The highest BCUT2D eigenvalue weighted by atomic mass is 16.5. The Morgan fingerprint density at radius 3 is 1.84 bits per heavy atom. The van der Waals surface area contributed by atoms with E-state index in [1.165, 1.54) is 70.6 Å². The summed E-state index contributed by atoms with van der Waals surface area (Å²) in [7, 11) is 0. The zero-order valence-corrected chi connectivity index (χ0v) is 20.0. The van der Waals surface area contributed by atoms with Crippen molar-refractivity contribution < 1.29 is 19.1 Å². The summed E-state index contributed by atoms with van der Waals surface area (Å²) in [4.78, 5) is 23.7. The predicted molar refractivity (Wildman–Crippen MR) is 127 cm³/mol. The molecule has 1 aromatic rings. The van der Waals surface area contributed by atoms with Crippen LogP contribution in [0.3, 0.4) is 0 Å². The minimum atomic E-state index is -0.397. The number of hydrogen-bond donors (Lipinski definition) is 0. The lowest BCUT2D eigenvalue weighted by Crippen LogP contribution is -2.13. The molecule has 0 spiro atoms. The summed E-state index contributed by atoms with van der Waals surface area (Å²) in [6.07, 6.45) is 17.8. The quantitative estimate of drug-likeness (QED) is 0.128. The van der Waals surface area contributed by atoms with Crippen LogP contribution in [0.5, 0.6) is 5.75 Å². The van der Waals surface area contributed by atoms with Crippen LogP contribution >= 0.6 is 0 Å². The Balaban J connectivity index is 1.90. The number of esters is 2. The smallest absolute Gasteiger partial charge is 0.311 e. The van der Waals surface area contributed by atoms with Gasteiger partial charge in [0.05, 0.1) is 19.4 Å². The molecule has 0 heterocycles. The summed E-state index contributed by atoms with van der Waals surface area (Å²) in [6.45, 7) is 4.76. The Morgan fingerprint density at radius 1 is 0.710 bits per heavy atom. The van der Waals surface area contributed by atoms with Crippen LogP contribution < -0.4 is 4.74 Å². The Hall–Kier alpha value is -1.84. The molecule has 0 unspecified atom stereocenters. The maximum Gasteiger partial charge on any atom is 0.311 e. The monoisotopic (exact) mass is 432 g/mol. The van der Waals surface area contributed by atoms with E-state index in [1.807, 2.05) is 25.1 Å². The fourth-order valence-electron chi connectivity index (χ4n) is 3.59. The van der Waals surface area contributed by atoms with Gasteiger partial charge in [0.2, 0.25) is 0 Å². The van der Waals surface area contributed by atoms with Crippen molar-refractivity contribution in [2.45, 2.75) is 117 Å². The third-order valence-electron chi connectivity index (χ3n) is 5.58. The lowest BCUT2D eigenvalue weighted by molar-refractivity contribution is -0.147. The molecule has 1 aromatic carbocycles. The Labute approximate surface area is 190 Å². The molecular weight excluding hydrogens is 388 g/mol. The molecule has 4 heteroatoms. The van der Waals surface area contributed by atoms with E-state index < -0.39 is 5.97 Å². The van der Waals surface area contributed by atoms with Crippen molar-refractivity contribution in [3.63, 3.8) is 0 Å². The van der Waals surface area contributed by atoms with Gasteiger partial charge in [-0.1, -0.05) is 103 Å². The first-order valence-corrected chi connectivity index (χ1v) is 12.6. The van der Waals surface area contributed by atoms with Crippen molar-refractivity contribution in [3.05, 3.63) is 29.8 Å². The third-order valence-corrected chi connectivity index (χ3v) is 5.58. The van der Waals surface area contributed by atoms with Crippen molar-refractivity contribution in [1.82, 2.24) is 0 Å². The van der Waals surface area contributed by atoms with Crippen LogP contribution in [0.1, 0.15) is 116 Å². The Kier molecular flexibility index (Phi) is 16.6. The van der Waals surface area contributed by atoms with E-state index >= 15 is 0 Å². The van der Waals surface area contributed by atoms with Crippen LogP contribution in [0.15, 0.2) is 24.3 Å². The summed E-state index contributed by atoms with van der Waals surface area (Å²) >= 11 is 0. The minimum absolute atomic E-state index is 0.0494. The number of rotatable bonds is 19. The van der Waals surface area contributed by atoms with Gasteiger partial charge in [-0.2, -0.15) is 0 Å². The van der Waals surface area contributed by atoms with Crippen molar-refractivity contribution >= 4 is 11.9 Å². The molecule has 0 aliphatic carbocycles. The van der Waals surface area contributed by atoms with Crippen LogP contribution in [0, 0.1) is 0 Å². The van der Waals surface area contributed by atoms with Gasteiger partial charge in [0, 0.05) is 0 Å². The van der Waals surface area contributed by atoms with Crippen molar-refractivity contribution in [1.29, 1.82) is 0 Å². The molecule has 0 amide bonds. The summed E-state index contributed by atoms with van der Waals surface area (Å²) in [5.74, 6) is -0.186.